The predicted molar refractivity (Wildman–Crippen MR) is 229 cm³/mol. The molecule has 0 aliphatic carbocycles. The second kappa shape index (κ2) is 18.2. The van der Waals surface area contributed by atoms with Crippen molar-refractivity contribution in [2.24, 2.45) is 0 Å². The first-order valence-corrected chi connectivity index (χ1v) is 19.4. The summed E-state index contributed by atoms with van der Waals surface area (Å²) in [6, 6.07) is 56.4. The Bertz CT molecular complexity index is 2440. The molecule has 6 aromatic carbocycles. The van der Waals surface area contributed by atoms with E-state index in [-0.39, 0.29) is 26.0 Å². The second-order valence-corrected chi connectivity index (χ2v) is 13.9. The Morgan fingerprint density at radius 3 is 1.64 bits per heavy atom. The Morgan fingerprint density at radius 2 is 1.12 bits per heavy atom. The zero-order valence-corrected chi connectivity index (χ0v) is 32.9. The molecule has 1 N–H and O–H groups in total. The molecule has 8 aromatic rings. The van der Waals surface area contributed by atoms with Crippen molar-refractivity contribution >= 4 is 22.7 Å². The topological polar surface area (TPSA) is 104 Å². The van der Waals surface area contributed by atoms with Gasteiger partial charge in [0.25, 0.3) is 0 Å². The predicted octanol–water partition coefficient (Wildman–Crippen LogP) is 9.11. The fourth-order valence-corrected chi connectivity index (χ4v) is 7.52. The lowest BCUT2D eigenvalue weighted by molar-refractivity contribution is -0.0970. The van der Waals surface area contributed by atoms with Crippen molar-refractivity contribution in [3.05, 3.63) is 210 Å². The highest BCUT2D eigenvalue weighted by molar-refractivity contribution is 5.87. The van der Waals surface area contributed by atoms with Gasteiger partial charge in [-0.2, -0.15) is 0 Å². The number of fused-ring (bicyclic) bond motifs is 1. The molecule has 0 fully saturated rings. The summed E-state index contributed by atoms with van der Waals surface area (Å²) in [5.41, 5.74) is 5.96. The summed E-state index contributed by atoms with van der Waals surface area (Å²) >= 11 is 0. The van der Waals surface area contributed by atoms with E-state index in [1.807, 2.05) is 126 Å². The number of rotatable bonds is 17. The van der Waals surface area contributed by atoms with E-state index in [9.17, 15) is 5.11 Å². The highest BCUT2D eigenvalue weighted by atomic mass is 16.6. The van der Waals surface area contributed by atoms with Crippen molar-refractivity contribution < 1.29 is 24.1 Å². The van der Waals surface area contributed by atoms with Gasteiger partial charge in [0, 0.05) is 5.69 Å². The van der Waals surface area contributed by atoms with E-state index in [4.69, 9.17) is 33.9 Å². The monoisotopic (exact) mass is 783 g/mol. The van der Waals surface area contributed by atoms with Crippen LogP contribution in [0.4, 0.5) is 11.5 Å². The number of ether oxygens (including phenoxy) is 4. The van der Waals surface area contributed by atoms with E-state index in [1.54, 1.807) is 26.9 Å². The van der Waals surface area contributed by atoms with Crippen molar-refractivity contribution in [3.8, 4) is 11.5 Å². The molecule has 2 aromatic heterocycles. The van der Waals surface area contributed by atoms with E-state index in [1.165, 1.54) is 0 Å². The van der Waals surface area contributed by atoms with Gasteiger partial charge in [0.1, 0.15) is 36.3 Å². The number of hydrogen-bond donors (Lipinski definition) is 1. The van der Waals surface area contributed by atoms with Gasteiger partial charge < -0.3 is 29.0 Å². The summed E-state index contributed by atoms with van der Waals surface area (Å²) in [5, 5.41) is 10.7. The number of hydrogen-bond acceptors (Lipinski definition) is 9. The molecule has 0 saturated carbocycles. The normalized spacial score (nSPS) is 12.1. The van der Waals surface area contributed by atoms with Crippen LogP contribution in [-0.2, 0) is 21.8 Å². The molecule has 0 bridgehead atoms. The minimum atomic E-state index is -1.02. The van der Waals surface area contributed by atoms with Crippen LogP contribution in [0.5, 0.6) is 11.5 Å². The zero-order chi connectivity index (χ0) is 40.4. The number of benzene rings is 6. The van der Waals surface area contributed by atoms with Gasteiger partial charge in [-0.05, 0) is 64.2 Å². The largest absolute Gasteiger partial charge is 0.497 e. The van der Waals surface area contributed by atoms with Gasteiger partial charge in [-0.25, -0.2) is 15.0 Å². The number of aliphatic hydroxyl groups excluding tert-OH is 1. The maximum atomic E-state index is 10.7. The highest BCUT2D eigenvalue weighted by Gasteiger charge is 2.38. The molecule has 0 aliphatic rings. The van der Waals surface area contributed by atoms with Gasteiger partial charge in [-0.3, -0.25) is 4.57 Å². The Hall–Kier alpha value is -6.85. The molecular formula is C49H45N5O5. The fraction of sp³-hybridized carbons (Fsp3) is 0.163. The van der Waals surface area contributed by atoms with Crippen molar-refractivity contribution in [1.29, 1.82) is 0 Å². The summed E-state index contributed by atoms with van der Waals surface area (Å²) < 4.78 is 26.3. The summed E-state index contributed by atoms with van der Waals surface area (Å²) in [5.74, 6) is 2.10. The minimum absolute atomic E-state index is 0.0527. The second-order valence-electron chi connectivity index (χ2n) is 13.9. The summed E-state index contributed by atoms with van der Waals surface area (Å²) in [6.45, 7) is -0.159. The van der Waals surface area contributed by atoms with Crippen LogP contribution in [0.25, 0.3) is 11.2 Å². The molecule has 0 amide bonds. The molecule has 59 heavy (non-hydrogen) atoms. The molecule has 1 atom stereocenters. The Kier molecular flexibility index (Phi) is 12.0. The number of aromatic nitrogens is 4. The minimum Gasteiger partial charge on any atom is -0.497 e. The Morgan fingerprint density at radius 1 is 0.610 bits per heavy atom. The van der Waals surface area contributed by atoms with Crippen LogP contribution in [0.1, 0.15) is 33.9 Å². The third-order valence-electron chi connectivity index (χ3n) is 10.4. The number of imidazole rings is 1. The summed E-state index contributed by atoms with van der Waals surface area (Å²) in [4.78, 5) is 16.6. The van der Waals surface area contributed by atoms with Gasteiger partial charge in [-0.15, -0.1) is 0 Å². The average molecular weight is 784 g/mol. The molecule has 0 aliphatic heterocycles. The smallest absolute Gasteiger partial charge is 0.167 e. The van der Waals surface area contributed by atoms with Gasteiger partial charge >= 0.3 is 0 Å². The van der Waals surface area contributed by atoms with Crippen LogP contribution in [-0.4, -0.2) is 58.2 Å². The lowest BCUT2D eigenvalue weighted by atomic mass is 9.80. The quantitative estimate of drug-likeness (QED) is 0.0906. The molecule has 1 unspecified atom stereocenters. The lowest BCUT2D eigenvalue weighted by Crippen LogP contribution is -2.37. The third kappa shape index (κ3) is 8.15. The lowest BCUT2D eigenvalue weighted by Gasteiger charge is -2.37. The van der Waals surface area contributed by atoms with E-state index >= 15 is 0 Å². The molecule has 2 heterocycles. The average Bonchev–Trinajstić information content (AvgIpc) is 3.74. The number of aliphatic hydroxyl groups is 1. The van der Waals surface area contributed by atoms with Crippen molar-refractivity contribution in [1.82, 2.24) is 19.5 Å². The molecule has 296 valence electrons. The maximum absolute atomic E-state index is 10.7. The van der Waals surface area contributed by atoms with Crippen LogP contribution in [0.3, 0.4) is 0 Å². The number of nitrogens with zero attached hydrogens (tertiary/aromatic N) is 5. The van der Waals surface area contributed by atoms with Crippen LogP contribution in [0.2, 0.25) is 0 Å². The maximum Gasteiger partial charge on any atom is 0.167 e. The first kappa shape index (κ1) is 39.0. The Labute approximate surface area is 343 Å². The van der Waals surface area contributed by atoms with Crippen LogP contribution in [0.15, 0.2) is 183 Å². The number of anilines is 2. The SMILES string of the molecule is COc1ccc(N(c2ncnc3c2ncn3COC(CO)COC(c2ccccc2)(c2ccccc2)c2ccc(OC)cc2)C(c2ccccc2)c2ccccc2)cc1. The van der Waals surface area contributed by atoms with E-state index in [0.29, 0.717) is 17.0 Å². The van der Waals surface area contributed by atoms with E-state index in [2.05, 4.69) is 53.4 Å². The highest BCUT2D eigenvalue weighted by Crippen LogP contribution is 2.43. The van der Waals surface area contributed by atoms with Gasteiger partial charge in [0.2, 0.25) is 0 Å². The van der Waals surface area contributed by atoms with Crippen LogP contribution in [0, 0.1) is 0 Å². The van der Waals surface area contributed by atoms with Crippen molar-refractivity contribution in [2.45, 2.75) is 24.5 Å². The van der Waals surface area contributed by atoms with E-state index < -0.39 is 11.7 Å². The summed E-state index contributed by atoms with van der Waals surface area (Å²) in [6.07, 6.45) is 2.55. The molecule has 0 spiro atoms. The first-order valence-electron chi connectivity index (χ1n) is 19.4. The fourth-order valence-electron chi connectivity index (χ4n) is 7.52. The molecule has 10 heteroatoms. The summed E-state index contributed by atoms with van der Waals surface area (Å²) in [7, 11) is 3.30. The van der Waals surface area contributed by atoms with Crippen molar-refractivity contribution in [3.63, 3.8) is 0 Å². The standard InChI is InChI=1S/C49H45N5O5/c1-56-42-27-23-40(24-28-42)49(38-19-11-5-12-20-38,39-21-13-6-14-22-39)59-32-44(31-55)58-35-53-34-52-45-47(53)50-33-51-48(45)54(41-25-29-43(57-2)30-26-41)46(36-15-7-3-8-16-36)37-17-9-4-10-18-37/h3-30,33-34,44,46,55H,31-32,35H2,1-2H3. The molecule has 10 nitrogen and oxygen atoms in total. The van der Waals surface area contributed by atoms with Gasteiger partial charge in [0.05, 0.1) is 39.8 Å². The molecule has 0 saturated heterocycles. The van der Waals surface area contributed by atoms with Crippen molar-refractivity contribution in [2.75, 3.05) is 32.3 Å². The van der Waals surface area contributed by atoms with E-state index in [0.717, 1.165) is 45.0 Å². The first-order chi connectivity index (χ1) is 29.1. The third-order valence-corrected chi connectivity index (χ3v) is 10.4. The van der Waals surface area contributed by atoms with Gasteiger partial charge in [0.15, 0.2) is 17.0 Å². The molecule has 8 rings (SSSR count). The van der Waals surface area contributed by atoms with Gasteiger partial charge in [-0.1, -0.05) is 133 Å². The Balaban J connectivity index is 1.12. The van der Waals surface area contributed by atoms with Crippen LogP contribution < -0.4 is 14.4 Å². The number of methoxy groups -OCH3 is 2. The molecular weight excluding hydrogens is 739 g/mol. The molecule has 0 radical (unpaired) electrons. The van der Waals surface area contributed by atoms with Crippen LogP contribution >= 0.6 is 0 Å². The zero-order valence-electron chi connectivity index (χ0n) is 32.9.